The molecular weight excluding hydrogens is 442 g/mol. The third kappa shape index (κ3) is 4.35. The maximum absolute atomic E-state index is 13.1. The van der Waals surface area contributed by atoms with Crippen LogP contribution >= 0.6 is 11.3 Å². The molecule has 6 nitrogen and oxygen atoms in total. The molecule has 4 rings (SSSR count). The number of nitrogens with zero attached hydrogens (tertiary/aromatic N) is 2. The number of hydrogen-bond donors (Lipinski definition) is 1. The van der Waals surface area contributed by atoms with Crippen molar-refractivity contribution in [2.24, 2.45) is 4.99 Å². The average molecular weight is 462 g/mol. The molecule has 0 fully saturated rings. The van der Waals surface area contributed by atoms with Crippen molar-refractivity contribution in [2.45, 2.75) is 18.4 Å². The Bertz CT molecular complexity index is 1520. The van der Waals surface area contributed by atoms with Crippen molar-refractivity contribution >= 4 is 43.2 Å². The van der Waals surface area contributed by atoms with Gasteiger partial charge in [-0.1, -0.05) is 59.2 Å². The topological polar surface area (TPSA) is 80.5 Å². The zero-order valence-electron chi connectivity index (χ0n) is 17.1. The van der Waals surface area contributed by atoms with E-state index in [-0.39, 0.29) is 22.7 Å². The maximum atomic E-state index is 13.1. The number of thiazole rings is 1. The van der Waals surface area contributed by atoms with Gasteiger partial charge in [-0.3, -0.25) is 9.52 Å². The normalized spacial score (nSPS) is 11.9. The molecule has 0 unspecified atom stereocenters. The Morgan fingerprint density at radius 2 is 1.75 bits per heavy atom. The highest BCUT2D eigenvalue weighted by Crippen LogP contribution is 2.22. The Morgan fingerprint density at radius 3 is 2.50 bits per heavy atom. The number of nitrogens with one attached hydrogen (secondary N) is 1. The van der Waals surface area contributed by atoms with Crippen LogP contribution in [0.15, 0.2) is 82.7 Å². The molecule has 0 spiro atoms. The van der Waals surface area contributed by atoms with E-state index >= 15 is 0 Å². The van der Waals surface area contributed by atoms with E-state index < -0.39 is 15.9 Å². The van der Waals surface area contributed by atoms with E-state index in [9.17, 15) is 13.2 Å². The Morgan fingerprint density at radius 1 is 1.06 bits per heavy atom. The number of benzene rings is 3. The minimum Gasteiger partial charge on any atom is -0.305 e. The van der Waals surface area contributed by atoms with E-state index in [0.717, 1.165) is 15.8 Å². The van der Waals surface area contributed by atoms with Crippen LogP contribution in [0.2, 0.25) is 0 Å². The summed E-state index contributed by atoms with van der Waals surface area (Å²) >= 11 is 1.35. The number of sulfonamides is 1. The number of anilines is 1. The van der Waals surface area contributed by atoms with Crippen LogP contribution in [0.1, 0.15) is 15.9 Å². The summed E-state index contributed by atoms with van der Waals surface area (Å²) in [4.78, 5) is 17.9. The fourth-order valence-corrected chi connectivity index (χ4v) is 5.28. The van der Waals surface area contributed by atoms with Crippen LogP contribution in [0.3, 0.4) is 0 Å². The second-order valence-electron chi connectivity index (χ2n) is 7.02. The van der Waals surface area contributed by atoms with Gasteiger partial charge in [-0.15, -0.1) is 6.42 Å². The summed E-state index contributed by atoms with van der Waals surface area (Å²) in [7, 11) is -3.87. The standard InChI is InChI=1S/C24H19N3O3S2/c1-3-16-27-21-10-6-7-11-22(21)31-24(27)25-23(28)19-8-4-5-9-20(19)26-32(29,30)18-14-12-17(2)13-15-18/h1,4-15,26H,16H2,2H3. The Hall–Kier alpha value is -3.67. The van der Waals surface area contributed by atoms with E-state index in [1.807, 2.05) is 31.2 Å². The molecule has 0 aliphatic heterocycles. The van der Waals surface area contributed by atoms with Gasteiger partial charge in [0.1, 0.15) is 0 Å². The first-order valence-electron chi connectivity index (χ1n) is 9.68. The van der Waals surface area contributed by atoms with Crippen LogP contribution in [0, 0.1) is 19.3 Å². The van der Waals surface area contributed by atoms with Crippen molar-refractivity contribution in [3.8, 4) is 12.3 Å². The molecule has 160 valence electrons. The summed E-state index contributed by atoms with van der Waals surface area (Å²) in [6.45, 7) is 2.14. The number of terminal acetylenes is 1. The van der Waals surface area contributed by atoms with Crippen LogP contribution in [-0.4, -0.2) is 18.9 Å². The average Bonchev–Trinajstić information content (AvgIpc) is 3.11. The van der Waals surface area contributed by atoms with Gasteiger partial charge in [0, 0.05) is 0 Å². The third-order valence-corrected chi connectivity index (χ3v) is 7.21. The van der Waals surface area contributed by atoms with Crippen molar-refractivity contribution in [3.63, 3.8) is 0 Å². The minimum absolute atomic E-state index is 0.110. The second kappa shape index (κ2) is 8.83. The quantitative estimate of drug-likeness (QED) is 0.453. The Balaban J connectivity index is 1.74. The first kappa shape index (κ1) is 21.6. The number of rotatable bonds is 5. The number of para-hydroxylation sites is 2. The summed E-state index contributed by atoms with van der Waals surface area (Å²) in [6, 6.07) is 20.5. The molecule has 0 atom stereocenters. The van der Waals surface area contributed by atoms with Crippen molar-refractivity contribution in [2.75, 3.05) is 4.72 Å². The van der Waals surface area contributed by atoms with E-state index in [1.54, 1.807) is 28.8 Å². The molecule has 0 bridgehead atoms. The number of carbonyl (C=O) groups is 1. The fraction of sp³-hybridized carbons (Fsp3) is 0.0833. The largest absolute Gasteiger partial charge is 0.305 e. The molecule has 1 aromatic heterocycles. The summed E-state index contributed by atoms with van der Waals surface area (Å²) in [6.07, 6.45) is 5.51. The number of fused-ring (bicyclic) bond motifs is 1. The monoisotopic (exact) mass is 461 g/mol. The van der Waals surface area contributed by atoms with E-state index in [4.69, 9.17) is 6.42 Å². The molecule has 4 aromatic rings. The van der Waals surface area contributed by atoms with E-state index in [2.05, 4.69) is 15.6 Å². The number of aromatic nitrogens is 1. The SMILES string of the molecule is C#CCn1c(=NC(=O)c2ccccc2NS(=O)(=O)c2ccc(C)cc2)sc2ccccc21. The molecule has 32 heavy (non-hydrogen) atoms. The smallest absolute Gasteiger partial charge is 0.281 e. The van der Waals surface area contributed by atoms with Gasteiger partial charge in [0.05, 0.1) is 32.9 Å². The zero-order chi connectivity index (χ0) is 22.7. The molecule has 0 aliphatic rings. The highest BCUT2D eigenvalue weighted by Gasteiger charge is 2.19. The van der Waals surface area contributed by atoms with Crippen molar-refractivity contribution < 1.29 is 13.2 Å². The Kier molecular flexibility index (Phi) is 5.95. The fourth-order valence-electron chi connectivity index (χ4n) is 3.18. The van der Waals surface area contributed by atoms with Crippen molar-refractivity contribution in [1.82, 2.24) is 4.57 Å². The van der Waals surface area contributed by atoms with Gasteiger partial charge < -0.3 is 4.57 Å². The van der Waals surface area contributed by atoms with Gasteiger partial charge in [-0.05, 0) is 43.3 Å². The lowest BCUT2D eigenvalue weighted by atomic mass is 10.2. The lowest BCUT2D eigenvalue weighted by Gasteiger charge is -2.11. The number of amides is 1. The molecule has 8 heteroatoms. The van der Waals surface area contributed by atoms with Crippen LogP contribution in [0.5, 0.6) is 0 Å². The van der Waals surface area contributed by atoms with Crippen molar-refractivity contribution in [3.05, 3.63) is 88.7 Å². The first-order valence-corrected chi connectivity index (χ1v) is 12.0. The summed E-state index contributed by atoms with van der Waals surface area (Å²) in [5.74, 6) is 2.02. The lowest BCUT2D eigenvalue weighted by Crippen LogP contribution is -2.18. The van der Waals surface area contributed by atoms with Crippen LogP contribution in [-0.2, 0) is 16.6 Å². The highest BCUT2D eigenvalue weighted by atomic mass is 32.2. The molecule has 0 radical (unpaired) electrons. The Labute approximate surface area is 189 Å². The molecule has 0 aliphatic carbocycles. The number of aryl methyl sites for hydroxylation is 1. The predicted octanol–water partition coefficient (Wildman–Crippen LogP) is 4.19. The lowest BCUT2D eigenvalue weighted by molar-refractivity contribution is 0.0998. The van der Waals surface area contributed by atoms with Crippen LogP contribution < -0.4 is 9.52 Å². The number of carbonyl (C=O) groups excluding carboxylic acids is 1. The second-order valence-corrected chi connectivity index (χ2v) is 9.72. The molecule has 0 saturated carbocycles. The third-order valence-electron chi connectivity index (χ3n) is 4.77. The summed E-state index contributed by atoms with van der Waals surface area (Å²) in [5, 5.41) is 0. The maximum Gasteiger partial charge on any atom is 0.281 e. The zero-order valence-corrected chi connectivity index (χ0v) is 18.8. The highest BCUT2D eigenvalue weighted by molar-refractivity contribution is 7.92. The van der Waals surface area contributed by atoms with Gasteiger partial charge in [-0.25, -0.2) is 8.42 Å². The molecular formula is C24H19N3O3S2. The van der Waals surface area contributed by atoms with E-state index in [1.165, 1.54) is 35.6 Å². The van der Waals surface area contributed by atoms with Gasteiger partial charge in [0.25, 0.3) is 15.9 Å². The predicted molar refractivity (Wildman–Crippen MR) is 127 cm³/mol. The molecule has 1 heterocycles. The van der Waals surface area contributed by atoms with Crippen LogP contribution in [0.25, 0.3) is 10.2 Å². The van der Waals surface area contributed by atoms with Gasteiger partial charge >= 0.3 is 0 Å². The summed E-state index contributed by atoms with van der Waals surface area (Å²) < 4.78 is 30.9. The minimum atomic E-state index is -3.87. The van der Waals surface area contributed by atoms with E-state index in [0.29, 0.717) is 4.80 Å². The molecule has 3 aromatic carbocycles. The number of hydrogen-bond acceptors (Lipinski definition) is 4. The van der Waals surface area contributed by atoms with Gasteiger partial charge in [-0.2, -0.15) is 4.99 Å². The van der Waals surface area contributed by atoms with Crippen LogP contribution in [0.4, 0.5) is 5.69 Å². The van der Waals surface area contributed by atoms with Gasteiger partial charge in [0.15, 0.2) is 4.80 Å². The molecule has 1 N–H and O–H groups in total. The summed E-state index contributed by atoms with van der Waals surface area (Å²) in [5.41, 5.74) is 2.14. The van der Waals surface area contributed by atoms with Crippen molar-refractivity contribution in [1.29, 1.82) is 0 Å². The first-order chi connectivity index (χ1) is 15.4. The molecule has 1 amide bonds. The van der Waals surface area contributed by atoms with Gasteiger partial charge in [0.2, 0.25) is 0 Å². The molecule has 0 saturated heterocycles.